The van der Waals surface area contributed by atoms with Crippen LogP contribution in [-0.2, 0) is 6.54 Å². The predicted octanol–water partition coefficient (Wildman–Crippen LogP) is 4.11. The second-order valence-corrected chi connectivity index (χ2v) is 6.93. The summed E-state index contributed by atoms with van der Waals surface area (Å²) in [7, 11) is 0. The second-order valence-electron chi connectivity index (χ2n) is 6.93. The van der Waals surface area contributed by atoms with Gasteiger partial charge in [-0.2, -0.15) is 0 Å². The van der Waals surface area contributed by atoms with E-state index < -0.39 is 0 Å². The minimum absolute atomic E-state index is 0.209. The Balaban J connectivity index is 1.62. The molecule has 1 aliphatic heterocycles. The highest BCUT2D eigenvalue weighted by atomic mass is 19.1. The van der Waals surface area contributed by atoms with Crippen LogP contribution in [0.25, 0.3) is 22.3 Å². The van der Waals surface area contributed by atoms with Crippen molar-refractivity contribution in [2.75, 3.05) is 13.1 Å². The lowest BCUT2D eigenvalue weighted by Gasteiger charge is -2.20. The first-order valence-electron chi connectivity index (χ1n) is 9.21. The van der Waals surface area contributed by atoms with Crippen molar-refractivity contribution in [2.45, 2.75) is 32.2 Å². The molecule has 3 aromatic rings. The minimum atomic E-state index is -0.248. The van der Waals surface area contributed by atoms with Gasteiger partial charge in [0.15, 0.2) is 0 Å². The number of nitrogens with one attached hydrogen (secondary N) is 1. The number of aromatic amines is 1. The molecule has 1 fully saturated rings. The molecule has 0 amide bonds. The molecule has 0 saturated carbocycles. The van der Waals surface area contributed by atoms with Crippen molar-refractivity contribution in [3.63, 3.8) is 0 Å². The maximum Gasteiger partial charge on any atom is 0.259 e. The van der Waals surface area contributed by atoms with E-state index in [1.807, 2.05) is 18.2 Å². The predicted molar refractivity (Wildman–Crippen MR) is 102 cm³/mol. The van der Waals surface area contributed by atoms with Crippen LogP contribution in [0, 0.1) is 5.82 Å². The third-order valence-corrected chi connectivity index (χ3v) is 5.03. The zero-order valence-electron chi connectivity index (χ0n) is 14.7. The molecule has 1 aromatic heterocycles. The molecule has 134 valence electrons. The van der Waals surface area contributed by atoms with E-state index in [1.54, 1.807) is 18.2 Å². The molecule has 0 aliphatic carbocycles. The van der Waals surface area contributed by atoms with Gasteiger partial charge < -0.3 is 4.98 Å². The number of nitrogens with zero attached hydrogens (tertiary/aromatic N) is 2. The Morgan fingerprint density at radius 1 is 1.04 bits per heavy atom. The Morgan fingerprint density at radius 3 is 2.58 bits per heavy atom. The Bertz CT molecular complexity index is 974. The van der Waals surface area contributed by atoms with E-state index in [4.69, 9.17) is 0 Å². The first kappa shape index (κ1) is 16.9. The van der Waals surface area contributed by atoms with Crippen molar-refractivity contribution in [3.8, 4) is 11.4 Å². The molecule has 1 N–H and O–H groups in total. The van der Waals surface area contributed by atoms with E-state index in [0.717, 1.165) is 13.1 Å². The largest absolute Gasteiger partial charge is 0.306 e. The molecule has 0 atom stereocenters. The van der Waals surface area contributed by atoms with Gasteiger partial charge in [-0.1, -0.05) is 37.1 Å². The minimum Gasteiger partial charge on any atom is -0.306 e. The third kappa shape index (κ3) is 3.53. The summed E-state index contributed by atoms with van der Waals surface area (Å²) in [5.74, 6) is 0.150. The van der Waals surface area contributed by atoms with Crippen molar-refractivity contribution in [2.24, 2.45) is 0 Å². The lowest BCUT2D eigenvalue weighted by Crippen LogP contribution is -2.24. The number of halogens is 1. The van der Waals surface area contributed by atoms with Gasteiger partial charge in [-0.15, -0.1) is 0 Å². The van der Waals surface area contributed by atoms with Gasteiger partial charge in [0.1, 0.15) is 11.6 Å². The number of H-pyrrole nitrogens is 1. The number of rotatable bonds is 3. The number of para-hydroxylation sites is 1. The standard InChI is InChI=1S/C21H22FN3O/c22-18-13-15(9-10-16(18)14-25-11-5-1-2-6-12-25)20-23-19-8-4-3-7-17(19)21(26)24-20/h3-4,7-10,13H,1-2,5-6,11-12,14H2,(H,23,24,26). The number of hydrogen-bond acceptors (Lipinski definition) is 3. The lowest BCUT2D eigenvalue weighted by molar-refractivity contribution is 0.273. The molecule has 4 nitrogen and oxygen atoms in total. The Hall–Kier alpha value is -2.53. The highest BCUT2D eigenvalue weighted by Crippen LogP contribution is 2.21. The van der Waals surface area contributed by atoms with Crippen LogP contribution in [0.5, 0.6) is 0 Å². The van der Waals surface area contributed by atoms with Gasteiger partial charge in [0.2, 0.25) is 0 Å². The van der Waals surface area contributed by atoms with Crippen LogP contribution >= 0.6 is 0 Å². The maximum atomic E-state index is 14.7. The SMILES string of the molecule is O=c1[nH]c(-c2ccc(CN3CCCCCC3)c(F)c2)nc2ccccc12. The highest BCUT2D eigenvalue weighted by molar-refractivity contribution is 5.79. The number of likely N-dealkylation sites (tertiary alicyclic amines) is 1. The zero-order chi connectivity index (χ0) is 17.9. The summed E-state index contributed by atoms with van der Waals surface area (Å²) in [5.41, 5.74) is 1.68. The van der Waals surface area contributed by atoms with Crippen molar-refractivity contribution in [1.29, 1.82) is 0 Å². The molecule has 26 heavy (non-hydrogen) atoms. The molecule has 1 aliphatic rings. The molecule has 0 spiro atoms. The van der Waals surface area contributed by atoms with Crippen LogP contribution < -0.4 is 5.56 Å². The smallest absolute Gasteiger partial charge is 0.259 e. The van der Waals surface area contributed by atoms with Crippen molar-refractivity contribution in [1.82, 2.24) is 14.9 Å². The highest BCUT2D eigenvalue weighted by Gasteiger charge is 2.13. The Morgan fingerprint density at radius 2 is 1.81 bits per heavy atom. The number of hydrogen-bond donors (Lipinski definition) is 1. The van der Waals surface area contributed by atoms with Gasteiger partial charge in [0.05, 0.1) is 10.9 Å². The van der Waals surface area contributed by atoms with Crippen LogP contribution in [0.3, 0.4) is 0 Å². The average molecular weight is 351 g/mol. The van der Waals surface area contributed by atoms with Crippen LogP contribution in [0.15, 0.2) is 47.3 Å². The van der Waals surface area contributed by atoms with Gasteiger partial charge in [0.25, 0.3) is 5.56 Å². The van der Waals surface area contributed by atoms with Gasteiger partial charge in [-0.3, -0.25) is 9.69 Å². The zero-order valence-corrected chi connectivity index (χ0v) is 14.7. The summed E-state index contributed by atoms with van der Waals surface area (Å²) >= 11 is 0. The molecule has 4 rings (SSSR count). The van der Waals surface area contributed by atoms with E-state index >= 15 is 0 Å². The van der Waals surface area contributed by atoms with E-state index in [2.05, 4.69) is 14.9 Å². The Labute approximate surface area is 151 Å². The quantitative estimate of drug-likeness (QED) is 0.773. The lowest BCUT2D eigenvalue weighted by atomic mass is 10.1. The van der Waals surface area contributed by atoms with Crippen molar-refractivity contribution in [3.05, 3.63) is 64.2 Å². The van der Waals surface area contributed by atoms with E-state index in [1.165, 1.54) is 31.7 Å². The number of aromatic nitrogens is 2. The number of benzene rings is 2. The average Bonchev–Trinajstić information content (AvgIpc) is 2.92. The topological polar surface area (TPSA) is 49.0 Å². The maximum absolute atomic E-state index is 14.7. The van der Waals surface area contributed by atoms with Crippen LogP contribution in [-0.4, -0.2) is 28.0 Å². The molecule has 2 heterocycles. The Kier molecular flexibility index (Phi) is 4.80. The molecule has 0 radical (unpaired) electrons. The molecule has 0 unspecified atom stereocenters. The molecular formula is C21H22FN3O. The second kappa shape index (κ2) is 7.38. The van der Waals surface area contributed by atoms with Crippen molar-refractivity contribution >= 4 is 10.9 Å². The van der Waals surface area contributed by atoms with Crippen LogP contribution in [0.2, 0.25) is 0 Å². The van der Waals surface area contributed by atoms with Crippen molar-refractivity contribution < 1.29 is 4.39 Å². The molecular weight excluding hydrogens is 329 g/mol. The fourth-order valence-electron chi connectivity index (χ4n) is 3.58. The first-order chi connectivity index (χ1) is 12.7. The monoisotopic (exact) mass is 351 g/mol. The summed E-state index contributed by atoms with van der Waals surface area (Å²) in [6, 6.07) is 12.3. The fraction of sp³-hybridized carbons (Fsp3) is 0.333. The summed E-state index contributed by atoms with van der Waals surface area (Å²) in [4.78, 5) is 21.8. The van der Waals surface area contributed by atoms with Gasteiger partial charge in [-0.05, 0) is 44.1 Å². The van der Waals surface area contributed by atoms with E-state index in [0.29, 0.717) is 34.4 Å². The van der Waals surface area contributed by atoms with Gasteiger partial charge >= 0.3 is 0 Å². The fourth-order valence-corrected chi connectivity index (χ4v) is 3.58. The first-order valence-corrected chi connectivity index (χ1v) is 9.21. The molecule has 2 aromatic carbocycles. The summed E-state index contributed by atoms with van der Waals surface area (Å²) in [5, 5.41) is 0.537. The molecule has 5 heteroatoms. The van der Waals surface area contributed by atoms with Crippen LogP contribution in [0.4, 0.5) is 4.39 Å². The summed E-state index contributed by atoms with van der Waals surface area (Å²) < 4.78 is 14.7. The summed E-state index contributed by atoms with van der Waals surface area (Å²) in [6.07, 6.45) is 4.89. The van der Waals surface area contributed by atoms with Gasteiger partial charge in [0, 0.05) is 17.7 Å². The number of fused-ring (bicyclic) bond motifs is 1. The molecule has 0 bridgehead atoms. The van der Waals surface area contributed by atoms with Gasteiger partial charge in [-0.25, -0.2) is 9.37 Å². The normalized spacial score (nSPS) is 15.9. The third-order valence-electron chi connectivity index (χ3n) is 5.03. The van der Waals surface area contributed by atoms with E-state index in [9.17, 15) is 9.18 Å². The molecule has 1 saturated heterocycles. The van der Waals surface area contributed by atoms with Crippen LogP contribution in [0.1, 0.15) is 31.2 Å². The summed E-state index contributed by atoms with van der Waals surface area (Å²) in [6.45, 7) is 2.69. The van der Waals surface area contributed by atoms with E-state index in [-0.39, 0.29) is 11.4 Å².